The molecule has 0 heteroatoms. The molecule has 0 saturated carbocycles. The first-order valence-corrected chi connectivity index (χ1v) is 20.2. The minimum absolute atomic E-state index is 1.21. The Kier molecular flexibility index (Phi) is 6.54. The Morgan fingerprint density at radius 2 is 0.621 bits per heavy atom. The lowest BCUT2D eigenvalue weighted by atomic mass is 9.82. The van der Waals surface area contributed by atoms with Gasteiger partial charge in [-0.2, -0.15) is 0 Å². The predicted molar refractivity (Wildman–Crippen MR) is 251 cm³/mol. The van der Waals surface area contributed by atoms with E-state index in [9.17, 15) is 0 Å². The third-order valence-corrected chi connectivity index (χ3v) is 13.0. The summed E-state index contributed by atoms with van der Waals surface area (Å²) in [6.45, 7) is 0. The van der Waals surface area contributed by atoms with Gasteiger partial charge in [-0.05, 0) is 137 Å². The zero-order valence-corrected chi connectivity index (χ0v) is 31.6. The fourth-order valence-electron chi connectivity index (χ4n) is 10.3. The summed E-state index contributed by atoms with van der Waals surface area (Å²) >= 11 is 0. The van der Waals surface area contributed by atoms with Crippen molar-refractivity contribution in [3.05, 3.63) is 206 Å². The molecule has 0 aliphatic carbocycles. The Bertz CT molecular complexity index is 3740. The monoisotopic (exact) mass is 730 g/mol. The van der Waals surface area contributed by atoms with Crippen LogP contribution in [0.4, 0.5) is 0 Å². The lowest BCUT2D eigenvalue weighted by molar-refractivity contribution is 1.61. The SMILES string of the molecule is c1ccc2c(-c3c(-c4ccc5ccc6cccc7ccc4c5c67)cc(-c4ccc(-c5ccc6ccc7cccc8ccc5c6c78)cc4)c4ccccc34)cccc2c1. The van der Waals surface area contributed by atoms with E-state index in [0.717, 1.165) is 0 Å². The molecular weight excluding hydrogens is 697 g/mol. The molecule has 13 rings (SSSR count). The second kappa shape index (κ2) is 12.0. The fourth-order valence-corrected chi connectivity index (χ4v) is 10.3. The second-order valence-electron chi connectivity index (χ2n) is 15.9. The van der Waals surface area contributed by atoms with Gasteiger partial charge in [-0.3, -0.25) is 0 Å². The fraction of sp³-hybridized carbons (Fsp3) is 0. The molecule has 0 fully saturated rings. The molecule has 0 aromatic heterocycles. The van der Waals surface area contributed by atoms with Crippen LogP contribution in [0.1, 0.15) is 0 Å². The van der Waals surface area contributed by atoms with Crippen LogP contribution in [0.5, 0.6) is 0 Å². The molecule has 0 amide bonds. The smallest absolute Gasteiger partial charge is 0.00199 e. The van der Waals surface area contributed by atoms with Crippen LogP contribution in [0, 0.1) is 0 Å². The molecule has 0 aliphatic rings. The van der Waals surface area contributed by atoms with Crippen molar-refractivity contribution >= 4 is 86.2 Å². The highest BCUT2D eigenvalue weighted by Gasteiger charge is 2.21. The number of benzene rings is 13. The van der Waals surface area contributed by atoms with Crippen LogP contribution < -0.4 is 0 Å². The first-order chi connectivity index (χ1) is 28.8. The summed E-state index contributed by atoms with van der Waals surface area (Å²) < 4.78 is 0. The lowest BCUT2D eigenvalue weighted by Gasteiger charge is -2.21. The second-order valence-corrected chi connectivity index (χ2v) is 15.9. The van der Waals surface area contributed by atoms with Gasteiger partial charge in [0.15, 0.2) is 0 Å². The van der Waals surface area contributed by atoms with Gasteiger partial charge < -0.3 is 0 Å². The maximum Gasteiger partial charge on any atom is -0.00199 e. The van der Waals surface area contributed by atoms with E-state index < -0.39 is 0 Å². The molecular formula is C58H34. The minimum Gasteiger partial charge on any atom is -0.0616 e. The number of fused-ring (bicyclic) bond motifs is 2. The molecule has 0 saturated heterocycles. The summed E-state index contributed by atoms with van der Waals surface area (Å²) in [5.41, 5.74) is 9.98. The number of hydrogen-bond acceptors (Lipinski definition) is 0. The Labute approximate surface area is 335 Å². The van der Waals surface area contributed by atoms with E-state index in [-0.39, 0.29) is 0 Å². The zero-order valence-electron chi connectivity index (χ0n) is 31.6. The highest BCUT2D eigenvalue weighted by molar-refractivity contribution is 6.28. The van der Waals surface area contributed by atoms with E-state index in [1.165, 1.54) is 131 Å². The van der Waals surface area contributed by atoms with Gasteiger partial charge in [0.05, 0.1) is 0 Å². The largest absolute Gasteiger partial charge is 0.0616 e. The third kappa shape index (κ3) is 4.46. The first-order valence-electron chi connectivity index (χ1n) is 20.2. The number of hydrogen-bond donors (Lipinski definition) is 0. The molecule has 13 aromatic carbocycles. The molecule has 13 aromatic rings. The van der Waals surface area contributed by atoms with E-state index in [4.69, 9.17) is 0 Å². The van der Waals surface area contributed by atoms with Crippen molar-refractivity contribution in [2.24, 2.45) is 0 Å². The summed E-state index contributed by atoms with van der Waals surface area (Å²) in [5, 5.41) is 20.7. The topological polar surface area (TPSA) is 0 Å². The van der Waals surface area contributed by atoms with Crippen LogP contribution in [0.15, 0.2) is 206 Å². The summed E-state index contributed by atoms with van der Waals surface area (Å²) in [6.07, 6.45) is 0. The van der Waals surface area contributed by atoms with Gasteiger partial charge in [0, 0.05) is 0 Å². The van der Waals surface area contributed by atoms with E-state index >= 15 is 0 Å². The molecule has 0 N–H and O–H groups in total. The van der Waals surface area contributed by atoms with Crippen LogP contribution >= 0.6 is 0 Å². The van der Waals surface area contributed by atoms with Crippen molar-refractivity contribution in [2.75, 3.05) is 0 Å². The molecule has 0 heterocycles. The quantitative estimate of drug-likeness (QED) is 0.158. The molecule has 0 aliphatic heterocycles. The van der Waals surface area contributed by atoms with Crippen molar-refractivity contribution in [1.82, 2.24) is 0 Å². The van der Waals surface area contributed by atoms with Gasteiger partial charge in [0.1, 0.15) is 0 Å². The molecule has 0 nitrogen and oxygen atoms in total. The van der Waals surface area contributed by atoms with Crippen LogP contribution in [0.2, 0.25) is 0 Å². The molecule has 0 unspecified atom stereocenters. The average Bonchev–Trinajstić information content (AvgIpc) is 3.29. The van der Waals surface area contributed by atoms with E-state index in [2.05, 4.69) is 206 Å². The van der Waals surface area contributed by atoms with Crippen molar-refractivity contribution in [3.8, 4) is 44.5 Å². The number of rotatable bonds is 4. The highest BCUT2D eigenvalue weighted by atomic mass is 14.2. The molecule has 0 atom stereocenters. The summed E-state index contributed by atoms with van der Waals surface area (Å²) in [5.74, 6) is 0. The summed E-state index contributed by atoms with van der Waals surface area (Å²) in [7, 11) is 0. The van der Waals surface area contributed by atoms with Crippen LogP contribution in [0.3, 0.4) is 0 Å². The Hall–Kier alpha value is -7.54. The Morgan fingerprint density at radius 3 is 1.26 bits per heavy atom. The normalized spacial score (nSPS) is 12.1. The lowest BCUT2D eigenvalue weighted by Crippen LogP contribution is -1.94. The Morgan fingerprint density at radius 1 is 0.190 bits per heavy atom. The molecule has 266 valence electrons. The standard InChI is InChI=1S/C58H34/c1-2-14-44-35(8-1)9-7-17-48(44)58-49-16-4-3-15-46(49)52(34-53(58)47-31-27-43-25-23-39-11-6-13-41-29-33-51(47)57(43)55(39)41)37-20-18-36(19-21-37)45-30-26-42-24-22-38-10-5-12-40-28-32-50(45)56(42)54(38)40/h1-34H. The van der Waals surface area contributed by atoms with E-state index in [1.807, 2.05) is 0 Å². The van der Waals surface area contributed by atoms with Gasteiger partial charge in [0.2, 0.25) is 0 Å². The van der Waals surface area contributed by atoms with Gasteiger partial charge in [-0.1, -0.05) is 200 Å². The zero-order chi connectivity index (χ0) is 37.9. The van der Waals surface area contributed by atoms with Gasteiger partial charge in [-0.25, -0.2) is 0 Å². The average molecular weight is 731 g/mol. The summed E-state index contributed by atoms with van der Waals surface area (Å²) in [4.78, 5) is 0. The van der Waals surface area contributed by atoms with Gasteiger partial charge in [0.25, 0.3) is 0 Å². The highest BCUT2D eigenvalue weighted by Crippen LogP contribution is 2.49. The van der Waals surface area contributed by atoms with Crippen LogP contribution in [-0.4, -0.2) is 0 Å². The van der Waals surface area contributed by atoms with Gasteiger partial charge in [-0.15, -0.1) is 0 Å². The molecule has 58 heavy (non-hydrogen) atoms. The molecule has 0 spiro atoms. The van der Waals surface area contributed by atoms with E-state index in [0.29, 0.717) is 0 Å². The van der Waals surface area contributed by atoms with Crippen molar-refractivity contribution < 1.29 is 0 Å². The van der Waals surface area contributed by atoms with Crippen LogP contribution in [0.25, 0.3) is 131 Å². The Balaban J connectivity index is 1.07. The van der Waals surface area contributed by atoms with Crippen LogP contribution in [-0.2, 0) is 0 Å². The van der Waals surface area contributed by atoms with Crippen molar-refractivity contribution in [3.63, 3.8) is 0 Å². The molecule has 0 radical (unpaired) electrons. The van der Waals surface area contributed by atoms with E-state index in [1.54, 1.807) is 0 Å². The van der Waals surface area contributed by atoms with Crippen molar-refractivity contribution in [1.29, 1.82) is 0 Å². The molecule has 0 bridgehead atoms. The third-order valence-electron chi connectivity index (χ3n) is 13.0. The minimum atomic E-state index is 1.21. The maximum absolute atomic E-state index is 2.48. The predicted octanol–water partition coefficient (Wildman–Crippen LogP) is 16.5. The first kappa shape index (κ1) is 31.6. The maximum atomic E-state index is 2.48. The van der Waals surface area contributed by atoms with Crippen molar-refractivity contribution in [2.45, 2.75) is 0 Å². The van der Waals surface area contributed by atoms with Gasteiger partial charge >= 0.3 is 0 Å². The summed E-state index contributed by atoms with van der Waals surface area (Å²) in [6, 6.07) is 77.3.